The lowest BCUT2D eigenvalue weighted by Crippen LogP contribution is -2.52. The summed E-state index contributed by atoms with van der Waals surface area (Å²) in [6, 6.07) is 5.61. The summed E-state index contributed by atoms with van der Waals surface area (Å²) in [5.74, 6) is -0.0640. The van der Waals surface area contributed by atoms with Crippen LogP contribution in [0.1, 0.15) is 40.0 Å². The van der Waals surface area contributed by atoms with Gasteiger partial charge in [-0.2, -0.15) is 0 Å². The second kappa shape index (κ2) is 10.4. The van der Waals surface area contributed by atoms with Gasteiger partial charge in [0.2, 0.25) is 5.91 Å². The smallest absolute Gasteiger partial charge is 0.266 e. The average molecular weight is 394 g/mol. The van der Waals surface area contributed by atoms with Crippen LogP contribution in [0.15, 0.2) is 24.3 Å². The first-order valence-electron chi connectivity index (χ1n) is 9.93. The maximum Gasteiger partial charge on any atom is 0.266 e. The molecule has 0 bridgehead atoms. The minimum absolute atomic E-state index is 0.0467. The topological polar surface area (TPSA) is 67.9 Å². The molecular formula is C21H31FN2O4. The van der Waals surface area contributed by atoms with Crippen LogP contribution in [0.25, 0.3) is 0 Å². The summed E-state index contributed by atoms with van der Waals surface area (Å²) < 4.78 is 24.1. The van der Waals surface area contributed by atoms with Gasteiger partial charge in [0.25, 0.3) is 5.91 Å². The van der Waals surface area contributed by atoms with Crippen molar-refractivity contribution in [1.29, 1.82) is 0 Å². The van der Waals surface area contributed by atoms with Gasteiger partial charge in [-0.15, -0.1) is 0 Å². The summed E-state index contributed by atoms with van der Waals surface area (Å²) in [5.41, 5.74) is -1.06. The molecule has 2 rings (SSSR count). The van der Waals surface area contributed by atoms with Gasteiger partial charge in [-0.3, -0.25) is 9.59 Å². The molecule has 1 aliphatic rings. The molecule has 2 amide bonds. The minimum atomic E-state index is -1.06. The van der Waals surface area contributed by atoms with Gasteiger partial charge in [0.15, 0.2) is 5.60 Å². The lowest BCUT2D eigenvalue weighted by Gasteiger charge is -2.36. The lowest BCUT2D eigenvalue weighted by atomic mass is 9.94. The van der Waals surface area contributed by atoms with Crippen LogP contribution >= 0.6 is 0 Å². The van der Waals surface area contributed by atoms with Gasteiger partial charge >= 0.3 is 0 Å². The zero-order chi connectivity index (χ0) is 20.6. The van der Waals surface area contributed by atoms with Gasteiger partial charge in [-0.25, -0.2) is 4.39 Å². The van der Waals surface area contributed by atoms with Crippen LogP contribution in [0, 0.1) is 11.7 Å². The first-order chi connectivity index (χ1) is 13.3. The Bertz CT molecular complexity index is 640. The number of carbonyl (C=O) groups excluding carboxylic acids is 2. The molecule has 0 unspecified atom stereocenters. The quantitative estimate of drug-likeness (QED) is 0.654. The number of rotatable bonds is 9. The van der Waals surface area contributed by atoms with Gasteiger partial charge in [0, 0.05) is 38.8 Å². The number of ether oxygens (including phenoxy) is 2. The van der Waals surface area contributed by atoms with E-state index in [1.165, 1.54) is 24.3 Å². The molecule has 1 N–H and O–H groups in total. The maximum absolute atomic E-state index is 13.0. The van der Waals surface area contributed by atoms with Crippen molar-refractivity contribution in [2.75, 3.05) is 32.8 Å². The minimum Gasteiger partial charge on any atom is -0.478 e. The number of hydrogen-bond donors (Lipinski definition) is 1. The molecule has 1 aromatic rings. The van der Waals surface area contributed by atoms with Gasteiger partial charge < -0.3 is 19.7 Å². The van der Waals surface area contributed by atoms with Crippen LogP contribution in [0.2, 0.25) is 0 Å². The monoisotopic (exact) mass is 394 g/mol. The highest BCUT2D eigenvalue weighted by atomic mass is 19.1. The molecule has 0 atom stereocenters. The molecule has 1 fully saturated rings. The van der Waals surface area contributed by atoms with Gasteiger partial charge in [0.1, 0.15) is 11.6 Å². The predicted octanol–water partition coefficient (Wildman–Crippen LogP) is 2.76. The van der Waals surface area contributed by atoms with Gasteiger partial charge in [-0.1, -0.05) is 0 Å². The molecule has 0 saturated carbocycles. The van der Waals surface area contributed by atoms with Gasteiger partial charge in [0.05, 0.1) is 0 Å². The van der Waals surface area contributed by atoms with E-state index in [1.54, 1.807) is 18.7 Å². The predicted molar refractivity (Wildman–Crippen MR) is 105 cm³/mol. The van der Waals surface area contributed by atoms with Crippen LogP contribution in [0.3, 0.4) is 0 Å². The Morgan fingerprint density at radius 1 is 1.21 bits per heavy atom. The molecular weight excluding hydrogens is 363 g/mol. The van der Waals surface area contributed by atoms with Crippen LogP contribution < -0.4 is 10.1 Å². The van der Waals surface area contributed by atoms with Crippen molar-refractivity contribution in [3.05, 3.63) is 30.1 Å². The van der Waals surface area contributed by atoms with E-state index in [0.717, 1.165) is 6.42 Å². The van der Waals surface area contributed by atoms with E-state index in [9.17, 15) is 14.0 Å². The first-order valence-corrected chi connectivity index (χ1v) is 9.93. The second-order valence-corrected chi connectivity index (χ2v) is 7.47. The van der Waals surface area contributed by atoms with E-state index in [-0.39, 0.29) is 23.5 Å². The fourth-order valence-corrected chi connectivity index (χ4v) is 3.24. The summed E-state index contributed by atoms with van der Waals surface area (Å²) in [6.45, 7) is 8.33. The van der Waals surface area contributed by atoms with E-state index >= 15 is 0 Å². The Hall–Kier alpha value is -2.15. The molecule has 0 radical (unpaired) electrons. The number of nitrogens with one attached hydrogen (secondary N) is 1. The molecule has 28 heavy (non-hydrogen) atoms. The number of halogens is 1. The van der Waals surface area contributed by atoms with Crippen LogP contribution in [-0.2, 0) is 14.3 Å². The normalized spacial score (nSPS) is 15.4. The first kappa shape index (κ1) is 22.1. The maximum atomic E-state index is 13.0. The Morgan fingerprint density at radius 3 is 2.46 bits per heavy atom. The molecule has 0 aromatic heterocycles. The number of hydrogen-bond acceptors (Lipinski definition) is 4. The fourth-order valence-electron chi connectivity index (χ4n) is 3.24. The van der Waals surface area contributed by atoms with Crippen molar-refractivity contribution in [3.8, 4) is 5.75 Å². The second-order valence-electron chi connectivity index (χ2n) is 7.47. The van der Waals surface area contributed by atoms with Crippen molar-refractivity contribution in [3.63, 3.8) is 0 Å². The number of piperidine rings is 1. The number of carbonyl (C=O) groups is 2. The lowest BCUT2D eigenvalue weighted by molar-refractivity contribution is -0.148. The molecule has 1 aromatic carbocycles. The van der Waals surface area contributed by atoms with Crippen LogP contribution in [0.5, 0.6) is 5.75 Å². The Labute approximate surface area is 166 Å². The summed E-state index contributed by atoms with van der Waals surface area (Å²) >= 11 is 0. The number of nitrogens with zero attached hydrogens (tertiary/aromatic N) is 1. The highest BCUT2D eigenvalue weighted by molar-refractivity contribution is 5.85. The van der Waals surface area contributed by atoms with E-state index in [1.807, 2.05) is 6.92 Å². The summed E-state index contributed by atoms with van der Waals surface area (Å²) in [7, 11) is 0. The SMILES string of the molecule is CCOCCCNC(=O)C1CCN(C(=O)C(C)(C)Oc2ccc(F)cc2)CC1. The van der Waals surface area contributed by atoms with Crippen molar-refractivity contribution < 1.29 is 23.5 Å². The number of amides is 2. The molecule has 6 nitrogen and oxygen atoms in total. The molecule has 156 valence electrons. The van der Waals surface area contributed by atoms with Crippen molar-refractivity contribution in [2.24, 2.45) is 5.92 Å². The Morgan fingerprint density at radius 2 is 1.86 bits per heavy atom. The molecule has 0 spiro atoms. The molecule has 7 heteroatoms. The van der Waals surface area contributed by atoms with E-state index in [0.29, 0.717) is 51.4 Å². The Kier molecular flexibility index (Phi) is 8.23. The zero-order valence-corrected chi connectivity index (χ0v) is 17.0. The zero-order valence-electron chi connectivity index (χ0n) is 17.0. The molecule has 0 aliphatic carbocycles. The van der Waals surface area contributed by atoms with Crippen molar-refractivity contribution in [1.82, 2.24) is 10.2 Å². The van der Waals surface area contributed by atoms with Crippen molar-refractivity contribution >= 4 is 11.8 Å². The largest absolute Gasteiger partial charge is 0.478 e. The average Bonchev–Trinajstić information content (AvgIpc) is 2.69. The third-order valence-electron chi connectivity index (χ3n) is 4.82. The molecule has 1 saturated heterocycles. The third-order valence-corrected chi connectivity index (χ3v) is 4.82. The van der Waals surface area contributed by atoms with Gasteiger partial charge in [-0.05, 0) is 64.3 Å². The van der Waals surface area contributed by atoms with E-state index in [2.05, 4.69) is 5.32 Å². The van der Waals surface area contributed by atoms with E-state index < -0.39 is 5.60 Å². The molecule has 1 heterocycles. The standard InChI is InChI=1S/C21H31FN2O4/c1-4-27-15-5-12-23-19(25)16-10-13-24(14-11-16)20(26)21(2,3)28-18-8-6-17(22)7-9-18/h6-9,16H,4-5,10-15H2,1-3H3,(H,23,25). The van der Waals surface area contributed by atoms with Crippen LogP contribution in [0.4, 0.5) is 4.39 Å². The summed E-state index contributed by atoms with van der Waals surface area (Å²) in [5, 5.41) is 2.95. The molecule has 1 aliphatic heterocycles. The fraction of sp³-hybridized carbons (Fsp3) is 0.619. The Balaban J connectivity index is 1.78. The van der Waals surface area contributed by atoms with Crippen molar-refractivity contribution in [2.45, 2.75) is 45.6 Å². The number of benzene rings is 1. The highest BCUT2D eigenvalue weighted by Gasteiger charge is 2.37. The van der Waals surface area contributed by atoms with E-state index in [4.69, 9.17) is 9.47 Å². The number of likely N-dealkylation sites (tertiary alicyclic amines) is 1. The van der Waals surface area contributed by atoms with Crippen LogP contribution in [-0.4, -0.2) is 55.2 Å². The summed E-state index contributed by atoms with van der Waals surface area (Å²) in [4.78, 5) is 26.9. The summed E-state index contributed by atoms with van der Waals surface area (Å²) in [6.07, 6.45) is 2.07. The highest BCUT2D eigenvalue weighted by Crippen LogP contribution is 2.24. The third kappa shape index (κ3) is 6.48.